The van der Waals surface area contributed by atoms with E-state index in [1.54, 1.807) is 0 Å². The summed E-state index contributed by atoms with van der Waals surface area (Å²) in [6, 6.07) is 1.53. The zero-order valence-corrected chi connectivity index (χ0v) is 12.0. The summed E-state index contributed by atoms with van der Waals surface area (Å²) in [5.41, 5.74) is 0.358. The van der Waals surface area contributed by atoms with E-state index in [2.05, 4.69) is 0 Å². The van der Waals surface area contributed by atoms with Crippen molar-refractivity contribution in [2.75, 3.05) is 0 Å². The molecule has 0 aliphatic heterocycles. The van der Waals surface area contributed by atoms with Gasteiger partial charge in [-0.1, -0.05) is 30.1 Å². The van der Waals surface area contributed by atoms with Gasteiger partial charge in [-0.25, -0.2) is 0 Å². The van der Waals surface area contributed by atoms with Crippen molar-refractivity contribution in [1.29, 1.82) is 0 Å². The van der Waals surface area contributed by atoms with Gasteiger partial charge in [0.15, 0.2) is 5.78 Å². The number of ketones is 1. The lowest BCUT2D eigenvalue weighted by molar-refractivity contribution is -0.142. The molecule has 1 N–H and O–H groups in total. The second-order valence-electron chi connectivity index (χ2n) is 4.73. The summed E-state index contributed by atoms with van der Waals surface area (Å²) in [5, 5.41) is 9.16. The average molecular weight is 307 g/mol. The monoisotopic (exact) mass is 306 g/mol. The van der Waals surface area contributed by atoms with Gasteiger partial charge in [-0.15, -0.1) is 11.3 Å². The summed E-state index contributed by atoms with van der Waals surface area (Å²) in [7, 11) is 0. The second-order valence-corrected chi connectivity index (χ2v) is 7.02. The Hall–Kier alpha value is -0.580. The molecular formula is C12H12Cl2O3S. The number of carbonyl (C=O) groups excluding carboxylic acids is 1. The van der Waals surface area contributed by atoms with Gasteiger partial charge in [-0.3, -0.25) is 9.59 Å². The Kier molecular flexibility index (Phi) is 3.99. The molecule has 1 heterocycles. The van der Waals surface area contributed by atoms with E-state index in [1.165, 1.54) is 6.07 Å². The minimum Gasteiger partial charge on any atom is -0.481 e. The van der Waals surface area contributed by atoms with Crippen molar-refractivity contribution in [2.24, 2.45) is 17.8 Å². The van der Waals surface area contributed by atoms with Crippen molar-refractivity contribution in [3.8, 4) is 0 Å². The third kappa shape index (κ3) is 2.56. The molecule has 1 aliphatic rings. The van der Waals surface area contributed by atoms with Crippen LogP contribution in [0, 0.1) is 17.8 Å². The fraction of sp³-hybridized carbons (Fsp3) is 0.500. The molecule has 1 aromatic heterocycles. The molecule has 1 aliphatic carbocycles. The molecule has 1 saturated carbocycles. The van der Waals surface area contributed by atoms with Crippen molar-refractivity contribution in [3.63, 3.8) is 0 Å². The highest BCUT2D eigenvalue weighted by Crippen LogP contribution is 2.41. The van der Waals surface area contributed by atoms with Gasteiger partial charge in [0.25, 0.3) is 0 Å². The van der Waals surface area contributed by atoms with Crippen molar-refractivity contribution in [2.45, 2.75) is 19.8 Å². The predicted octanol–water partition coefficient (Wildman–Crippen LogP) is 3.98. The molecule has 0 saturated heterocycles. The minimum absolute atomic E-state index is 0.195. The Morgan fingerprint density at radius 2 is 1.94 bits per heavy atom. The zero-order valence-electron chi connectivity index (χ0n) is 9.65. The maximum atomic E-state index is 12.3. The second kappa shape index (κ2) is 5.19. The van der Waals surface area contributed by atoms with E-state index >= 15 is 0 Å². The van der Waals surface area contributed by atoms with Crippen LogP contribution in [0.5, 0.6) is 0 Å². The van der Waals surface area contributed by atoms with Crippen LogP contribution in [0.1, 0.15) is 30.1 Å². The first-order valence-electron chi connectivity index (χ1n) is 5.62. The Morgan fingerprint density at radius 3 is 2.44 bits per heavy atom. The van der Waals surface area contributed by atoms with Crippen LogP contribution in [0.25, 0.3) is 0 Å². The molecule has 3 atom stereocenters. The fourth-order valence-corrected chi connectivity index (χ4v) is 4.04. The lowest BCUT2D eigenvalue weighted by Crippen LogP contribution is -2.25. The van der Waals surface area contributed by atoms with Gasteiger partial charge in [0, 0.05) is 11.5 Å². The third-order valence-electron chi connectivity index (χ3n) is 3.37. The zero-order chi connectivity index (χ0) is 13.4. The largest absolute Gasteiger partial charge is 0.481 e. The standard InChI is InChI=1S/C12H12Cl2O3S/c1-5-2-6(7(3-5)12(16)17)10(15)8-4-9(13)18-11(8)14/h4-7H,2-3H2,1H3,(H,16,17). The lowest BCUT2D eigenvalue weighted by Gasteiger charge is -2.13. The van der Waals surface area contributed by atoms with E-state index in [-0.39, 0.29) is 11.7 Å². The van der Waals surface area contributed by atoms with Crippen LogP contribution in [-0.2, 0) is 4.79 Å². The summed E-state index contributed by atoms with van der Waals surface area (Å²) in [5.74, 6) is -1.95. The highest BCUT2D eigenvalue weighted by atomic mass is 35.5. The van der Waals surface area contributed by atoms with Gasteiger partial charge in [-0.2, -0.15) is 0 Å². The maximum Gasteiger partial charge on any atom is 0.307 e. The Labute approximate surface area is 119 Å². The highest BCUT2D eigenvalue weighted by molar-refractivity contribution is 7.20. The molecule has 3 nitrogen and oxygen atoms in total. The van der Waals surface area contributed by atoms with Gasteiger partial charge in [0.05, 0.1) is 10.3 Å². The number of halogens is 2. The van der Waals surface area contributed by atoms with Crippen molar-refractivity contribution < 1.29 is 14.7 Å². The number of carboxylic acid groups (broad SMARTS) is 1. The van der Waals surface area contributed by atoms with Gasteiger partial charge in [0.1, 0.15) is 4.34 Å². The molecule has 98 valence electrons. The summed E-state index contributed by atoms with van der Waals surface area (Å²) >= 11 is 12.9. The normalized spacial score (nSPS) is 27.4. The molecule has 0 amide bonds. The van der Waals surface area contributed by atoms with Crippen LogP contribution in [0.3, 0.4) is 0 Å². The molecule has 1 aromatic rings. The number of rotatable bonds is 3. The molecular weight excluding hydrogens is 295 g/mol. The molecule has 0 radical (unpaired) electrons. The first kappa shape index (κ1) is 13.8. The van der Waals surface area contributed by atoms with Gasteiger partial charge >= 0.3 is 5.97 Å². The number of hydrogen-bond donors (Lipinski definition) is 1. The van der Waals surface area contributed by atoms with Gasteiger partial charge in [-0.05, 0) is 24.8 Å². The SMILES string of the molecule is CC1CC(C(=O)O)C(C(=O)c2cc(Cl)sc2Cl)C1. The molecule has 1 fully saturated rings. The molecule has 3 unspecified atom stereocenters. The number of hydrogen-bond acceptors (Lipinski definition) is 3. The smallest absolute Gasteiger partial charge is 0.307 e. The van der Waals surface area contributed by atoms with E-state index < -0.39 is 17.8 Å². The molecule has 18 heavy (non-hydrogen) atoms. The molecule has 0 bridgehead atoms. The van der Waals surface area contributed by atoms with Crippen molar-refractivity contribution in [3.05, 3.63) is 20.3 Å². The summed E-state index contributed by atoms with van der Waals surface area (Å²) in [6.07, 6.45) is 1.14. The third-order valence-corrected chi connectivity index (χ3v) is 4.86. The first-order chi connectivity index (χ1) is 8.40. The summed E-state index contributed by atoms with van der Waals surface area (Å²) < 4.78 is 0.787. The van der Waals surface area contributed by atoms with Crippen molar-refractivity contribution in [1.82, 2.24) is 0 Å². The van der Waals surface area contributed by atoms with Crippen LogP contribution in [0.2, 0.25) is 8.67 Å². The molecule has 0 spiro atoms. The van der Waals surface area contributed by atoms with Crippen LogP contribution >= 0.6 is 34.5 Å². The lowest BCUT2D eigenvalue weighted by atomic mass is 9.89. The number of aliphatic carboxylic acids is 1. The number of carboxylic acids is 1. The molecule has 0 aromatic carbocycles. The van der Waals surface area contributed by atoms with E-state index in [0.717, 1.165) is 11.3 Å². The van der Waals surface area contributed by atoms with Crippen LogP contribution < -0.4 is 0 Å². The van der Waals surface area contributed by atoms with E-state index in [1.807, 2.05) is 6.92 Å². The first-order valence-corrected chi connectivity index (χ1v) is 7.19. The predicted molar refractivity (Wildman–Crippen MR) is 71.7 cm³/mol. The number of thiophene rings is 1. The Bertz CT molecular complexity index is 498. The Morgan fingerprint density at radius 1 is 1.33 bits per heavy atom. The van der Waals surface area contributed by atoms with Gasteiger partial charge < -0.3 is 5.11 Å². The average Bonchev–Trinajstić information content (AvgIpc) is 2.81. The number of carbonyl (C=O) groups is 2. The Balaban J connectivity index is 2.28. The quantitative estimate of drug-likeness (QED) is 0.859. The van der Waals surface area contributed by atoms with Crippen molar-refractivity contribution >= 4 is 46.3 Å². The number of Topliss-reactive ketones (excluding diaryl/α,β-unsaturated/α-hetero) is 1. The summed E-state index contributed by atoms with van der Waals surface area (Å²) in [6.45, 7) is 1.96. The van der Waals surface area contributed by atoms with E-state index in [9.17, 15) is 9.59 Å². The van der Waals surface area contributed by atoms with E-state index in [0.29, 0.717) is 27.1 Å². The van der Waals surface area contributed by atoms with Crippen LogP contribution in [-0.4, -0.2) is 16.9 Å². The highest BCUT2D eigenvalue weighted by Gasteiger charge is 2.42. The molecule has 6 heteroatoms. The maximum absolute atomic E-state index is 12.3. The minimum atomic E-state index is -0.907. The molecule has 2 rings (SSSR count). The van der Waals surface area contributed by atoms with Crippen LogP contribution in [0.4, 0.5) is 0 Å². The van der Waals surface area contributed by atoms with Gasteiger partial charge in [0.2, 0.25) is 0 Å². The fourth-order valence-electron chi connectivity index (χ4n) is 2.56. The topological polar surface area (TPSA) is 54.4 Å². The van der Waals surface area contributed by atoms with E-state index in [4.69, 9.17) is 28.3 Å². The summed E-state index contributed by atoms with van der Waals surface area (Å²) in [4.78, 5) is 23.5. The van der Waals surface area contributed by atoms with Crippen LogP contribution in [0.15, 0.2) is 6.07 Å².